The Morgan fingerprint density at radius 3 is 2.64 bits per heavy atom. The molecule has 0 aromatic carbocycles. The summed E-state index contributed by atoms with van der Waals surface area (Å²) in [5, 5.41) is 0. The van der Waals surface area contributed by atoms with Gasteiger partial charge in [-0.05, 0) is 0 Å². The van der Waals surface area contributed by atoms with E-state index in [-0.39, 0.29) is 5.69 Å². The van der Waals surface area contributed by atoms with Crippen molar-refractivity contribution in [3.63, 3.8) is 0 Å². The zero-order valence-electron chi connectivity index (χ0n) is 7.18. The smallest absolute Gasteiger partial charge is 0.143 e. The van der Waals surface area contributed by atoms with Gasteiger partial charge in [-0.1, -0.05) is 0 Å². The molecule has 2 aromatic heterocycles. The van der Waals surface area contributed by atoms with Crippen LogP contribution in [-0.4, -0.2) is 15.0 Å². The molecule has 2 aromatic rings. The molecule has 2 heterocycles. The predicted octanol–water partition coefficient (Wildman–Crippen LogP) is 1.26. The van der Waals surface area contributed by atoms with Crippen molar-refractivity contribution in [3.8, 4) is 11.4 Å². The first-order valence-electron chi connectivity index (χ1n) is 3.95. The van der Waals surface area contributed by atoms with Gasteiger partial charge in [0.25, 0.3) is 0 Å². The molecule has 70 valence electrons. The number of hydrogen-bond acceptors (Lipinski definition) is 4. The standard InChI is InChI=1S/C9H7FN4/c10-6-3-7(11)9(14-4-6)8-5-12-1-2-13-8/h1-5H,11H2. The van der Waals surface area contributed by atoms with Crippen LogP contribution < -0.4 is 5.73 Å². The molecular weight excluding hydrogens is 183 g/mol. The molecule has 2 rings (SSSR count). The van der Waals surface area contributed by atoms with Crippen molar-refractivity contribution < 1.29 is 4.39 Å². The van der Waals surface area contributed by atoms with Crippen LogP contribution in [-0.2, 0) is 0 Å². The molecule has 14 heavy (non-hydrogen) atoms. The van der Waals surface area contributed by atoms with Gasteiger partial charge in [0, 0.05) is 18.5 Å². The van der Waals surface area contributed by atoms with Crippen LogP contribution in [0, 0.1) is 5.82 Å². The van der Waals surface area contributed by atoms with E-state index in [0.717, 1.165) is 6.20 Å². The number of nitrogens with two attached hydrogens (primary N) is 1. The maximum Gasteiger partial charge on any atom is 0.143 e. The Hall–Kier alpha value is -2.04. The van der Waals surface area contributed by atoms with Crippen LogP contribution >= 0.6 is 0 Å². The van der Waals surface area contributed by atoms with Crippen LogP contribution in [0.5, 0.6) is 0 Å². The molecule has 0 bridgehead atoms. The fourth-order valence-corrected chi connectivity index (χ4v) is 1.09. The topological polar surface area (TPSA) is 64.7 Å². The van der Waals surface area contributed by atoms with Crippen LogP contribution in [0.2, 0.25) is 0 Å². The van der Waals surface area contributed by atoms with Crippen molar-refractivity contribution in [2.75, 3.05) is 5.73 Å². The molecule has 0 amide bonds. The fourth-order valence-electron chi connectivity index (χ4n) is 1.09. The average molecular weight is 190 g/mol. The minimum Gasteiger partial charge on any atom is -0.397 e. The number of pyridine rings is 1. The molecule has 0 saturated heterocycles. The van der Waals surface area contributed by atoms with Crippen molar-refractivity contribution in [1.29, 1.82) is 0 Å². The molecular formula is C9H7FN4. The highest BCUT2D eigenvalue weighted by molar-refractivity contribution is 5.68. The summed E-state index contributed by atoms with van der Waals surface area (Å²) in [4.78, 5) is 11.7. The molecule has 0 atom stereocenters. The Morgan fingerprint density at radius 2 is 2.00 bits per heavy atom. The van der Waals surface area contributed by atoms with Gasteiger partial charge >= 0.3 is 0 Å². The average Bonchev–Trinajstić information content (AvgIpc) is 2.19. The zero-order valence-corrected chi connectivity index (χ0v) is 7.18. The Morgan fingerprint density at radius 1 is 1.14 bits per heavy atom. The summed E-state index contributed by atoms with van der Waals surface area (Å²) in [6.45, 7) is 0. The maximum atomic E-state index is 12.7. The second-order valence-electron chi connectivity index (χ2n) is 2.68. The number of halogens is 1. The highest BCUT2D eigenvalue weighted by Crippen LogP contribution is 2.20. The predicted molar refractivity (Wildman–Crippen MR) is 49.6 cm³/mol. The molecule has 0 spiro atoms. The normalized spacial score (nSPS) is 10.1. The lowest BCUT2D eigenvalue weighted by atomic mass is 10.2. The highest BCUT2D eigenvalue weighted by Gasteiger charge is 2.06. The third-order valence-electron chi connectivity index (χ3n) is 1.69. The van der Waals surface area contributed by atoms with Crippen molar-refractivity contribution in [3.05, 3.63) is 36.7 Å². The number of hydrogen-bond donors (Lipinski definition) is 1. The first-order valence-corrected chi connectivity index (χ1v) is 3.95. The second kappa shape index (κ2) is 3.37. The summed E-state index contributed by atoms with van der Waals surface area (Å²) in [6.07, 6.45) is 5.69. The van der Waals surface area contributed by atoms with E-state index in [1.54, 1.807) is 6.20 Å². The van der Waals surface area contributed by atoms with Gasteiger partial charge < -0.3 is 5.73 Å². The molecule has 4 nitrogen and oxygen atoms in total. The molecule has 0 saturated carbocycles. The third kappa shape index (κ3) is 1.52. The zero-order chi connectivity index (χ0) is 9.97. The van der Waals surface area contributed by atoms with Crippen molar-refractivity contribution >= 4 is 5.69 Å². The van der Waals surface area contributed by atoms with Gasteiger partial charge in [0.05, 0.1) is 18.1 Å². The molecule has 0 aliphatic rings. The maximum absolute atomic E-state index is 12.7. The number of nitrogen functional groups attached to an aromatic ring is 1. The van der Waals surface area contributed by atoms with E-state index >= 15 is 0 Å². The van der Waals surface area contributed by atoms with Gasteiger partial charge in [0.15, 0.2) is 0 Å². The van der Waals surface area contributed by atoms with Crippen LogP contribution in [0.25, 0.3) is 11.4 Å². The van der Waals surface area contributed by atoms with Crippen molar-refractivity contribution in [2.45, 2.75) is 0 Å². The van der Waals surface area contributed by atoms with E-state index in [0.29, 0.717) is 11.4 Å². The molecule has 5 heteroatoms. The van der Waals surface area contributed by atoms with Gasteiger partial charge in [-0.25, -0.2) is 9.37 Å². The number of rotatable bonds is 1. The van der Waals surface area contributed by atoms with Gasteiger partial charge in [-0.15, -0.1) is 0 Å². The van der Waals surface area contributed by atoms with E-state index in [1.807, 2.05) is 0 Å². The lowest BCUT2D eigenvalue weighted by Crippen LogP contribution is -1.96. The van der Waals surface area contributed by atoms with Crippen LogP contribution in [0.15, 0.2) is 30.9 Å². The summed E-state index contributed by atoms with van der Waals surface area (Å²) in [7, 11) is 0. The van der Waals surface area contributed by atoms with E-state index in [2.05, 4.69) is 15.0 Å². The molecule has 0 aliphatic carbocycles. The summed E-state index contributed by atoms with van der Waals surface area (Å²) < 4.78 is 12.7. The van der Waals surface area contributed by atoms with E-state index in [9.17, 15) is 4.39 Å². The van der Waals surface area contributed by atoms with Crippen LogP contribution in [0.1, 0.15) is 0 Å². The first-order chi connectivity index (χ1) is 6.77. The number of aromatic nitrogens is 3. The van der Waals surface area contributed by atoms with Crippen LogP contribution in [0.3, 0.4) is 0 Å². The quantitative estimate of drug-likeness (QED) is 0.735. The van der Waals surface area contributed by atoms with Gasteiger partial charge in [0.2, 0.25) is 0 Å². The van der Waals surface area contributed by atoms with E-state index in [1.165, 1.54) is 18.5 Å². The molecule has 0 fully saturated rings. The van der Waals surface area contributed by atoms with Crippen molar-refractivity contribution in [1.82, 2.24) is 15.0 Å². The first kappa shape index (κ1) is 8.55. The van der Waals surface area contributed by atoms with Crippen LogP contribution in [0.4, 0.5) is 10.1 Å². The Labute approximate surface area is 79.7 Å². The van der Waals surface area contributed by atoms with Gasteiger partial charge in [0.1, 0.15) is 17.2 Å². The molecule has 0 radical (unpaired) electrons. The van der Waals surface area contributed by atoms with E-state index < -0.39 is 5.82 Å². The lowest BCUT2D eigenvalue weighted by Gasteiger charge is -2.02. The van der Waals surface area contributed by atoms with Gasteiger partial charge in [-0.2, -0.15) is 0 Å². The molecule has 0 aliphatic heterocycles. The summed E-state index contributed by atoms with van der Waals surface area (Å²) in [6, 6.07) is 1.21. The minimum absolute atomic E-state index is 0.255. The largest absolute Gasteiger partial charge is 0.397 e. The number of anilines is 1. The number of nitrogens with zero attached hydrogens (tertiary/aromatic N) is 3. The molecule has 0 unspecified atom stereocenters. The Balaban J connectivity index is 2.53. The minimum atomic E-state index is -0.463. The summed E-state index contributed by atoms with van der Waals surface area (Å²) in [5.74, 6) is -0.463. The molecule has 2 N–H and O–H groups in total. The monoisotopic (exact) mass is 190 g/mol. The van der Waals surface area contributed by atoms with Crippen molar-refractivity contribution in [2.24, 2.45) is 0 Å². The highest BCUT2D eigenvalue weighted by atomic mass is 19.1. The summed E-state index contributed by atoms with van der Waals surface area (Å²) in [5.41, 5.74) is 6.81. The van der Waals surface area contributed by atoms with E-state index in [4.69, 9.17) is 5.73 Å². The Bertz CT molecular complexity index is 444. The second-order valence-corrected chi connectivity index (χ2v) is 2.68. The fraction of sp³-hybridized carbons (Fsp3) is 0. The van der Waals surface area contributed by atoms with Gasteiger partial charge in [-0.3, -0.25) is 9.97 Å². The third-order valence-corrected chi connectivity index (χ3v) is 1.69. The Kier molecular flexibility index (Phi) is 2.06. The SMILES string of the molecule is Nc1cc(F)cnc1-c1cnccn1. The summed E-state index contributed by atoms with van der Waals surface area (Å²) >= 11 is 0. The lowest BCUT2D eigenvalue weighted by molar-refractivity contribution is 0.622.